The molecule has 0 bridgehead atoms. The number of rotatable bonds is 8. The summed E-state index contributed by atoms with van der Waals surface area (Å²) in [5.41, 5.74) is 2.10. The Kier molecular flexibility index (Phi) is 9.62. The van der Waals surface area contributed by atoms with Crippen LogP contribution in [0.25, 0.3) is 0 Å². The second kappa shape index (κ2) is 12.2. The maximum Gasteiger partial charge on any atom is 0.335 e. The molecule has 6 nitrogen and oxygen atoms in total. The van der Waals surface area contributed by atoms with Crippen LogP contribution in [0.5, 0.6) is 0 Å². The molecule has 2 aliphatic rings. The lowest BCUT2D eigenvalue weighted by molar-refractivity contribution is -0.108. The highest BCUT2D eigenvalue weighted by Gasteiger charge is 2.36. The van der Waals surface area contributed by atoms with Crippen LogP contribution in [0.2, 0.25) is 0 Å². The number of hydrogen-bond donors (Lipinski definition) is 2. The second-order valence-corrected chi connectivity index (χ2v) is 11.9. The van der Waals surface area contributed by atoms with Crippen LogP contribution >= 0.6 is 11.8 Å². The molecule has 3 rings (SSSR count). The number of nitrogens with zero attached hydrogens (tertiary/aromatic N) is 2. The summed E-state index contributed by atoms with van der Waals surface area (Å²) < 4.78 is 0. The molecule has 0 radical (unpaired) electrons. The minimum Gasteiger partial charge on any atom is -0.478 e. The number of aromatic carboxylic acids is 1. The average Bonchev–Trinajstić information content (AvgIpc) is 2.85. The highest BCUT2D eigenvalue weighted by atomic mass is 32.2. The molecule has 2 N–H and O–H groups in total. The van der Waals surface area contributed by atoms with Crippen molar-refractivity contribution in [2.75, 3.05) is 49.2 Å². The Morgan fingerprint density at radius 1 is 1.20 bits per heavy atom. The van der Waals surface area contributed by atoms with Crippen LogP contribution in [0.4, 0.5) is 5.69 Å². The number of anilines is 1. The summed E-state index contributed by atoms with van der Waals surface area (Å²) >= 11 is 2.00. The molecule has 0 aliphatic carbocycles. The zero-order valence-corrected chi connectivity index (χ0v) is 22.1. The van der Waals surface area contributed by atoms with Gasteiger partial charge in [0.15, 0.2) is 0 Å². The van der Waals surface area contributed by atoms with Crippen molar-refractivity contribution in [1.82, 2.24) is 4.90 Å². The number of piperidine rings is 1. The molecule has 35 heavy (non-hydrogen) atoms. The molecule has 1 unspecified atom stereocenters. The lowest BCUT2D eigenvalue weighted by Crippen LogP contribution is -2.48. The van der Waals surface area contributed by atoms with Gasteiger partial charge in [0, 0.05) is 29.9 Å². The van der Waals surface area contributed by atoms with Crippen LogP contribution in [0.1, 0.15) is 50.4 Å². The zero-order chi connectivity index (χ0) is 25.5. The maximum atomic E-state index is 11.9. The zero-order valence-electron chi connectivity index (χ0n) is 21.3. The molecule has 192 valence electrons. The lowest BCUT2D eigenvalue weighted by atomic mass is 9.76. The van der Waals surface area contributed by atoms with Gasteiger partial charge in [-0.25, -0.2) is 4.79 Å². The van der Waals surface area contributed by atoms with E-state index in [9.17, 15) is 14.7 Å². The summed E-state index contributed by atoms with van der Waals surface area (Å²) in [5.74, 6) is 1.74. The quantitative estimate of drug-likeness (QED) is 0.504. The largest absolute Gasteiger partial charge is 0.478 e. The van der Waals surface area contributed by atoms with Crippen LogP contribution < -0.4 is 4.90 Å². The Morgan fingerprint density at radius 2 is 1.89 bits per heavy atom. The number of allylic oxidation sites excluding steroid dienone is 1. The van der Waals surface area contributed by atoms with Crippen molar-refractivity contribution in [3.05, 3.63) is 53.6 Å². The molecule has 1 atom stereocenters. The van der Waals surface area contributed by atoms with Crippen LogP contribution in [0, 0.1) is 16.7 Å². The molecule has 2 heterocycles. The van der Waals surface area contributed by atoms with E-state index in [1.165, 1.54) is 29.9 Å². The molecule has 1 amide bonds. The van der Waals surface area contributed by atoms with Crippen molar-refractivity contribution in [3.8, 4) is 0 Å². The van der Waals surface area contributed by atoms with Crippen LogP contribution in [-0.4, -0.2) is 71.8 Å². The van der Waals surface area contributed by atoms with Gasteiger partial charge in [0.1, 0.15) is 0 Å². The normalized spacial score (nSPS) is 25.1. The van der Waals surface area contributed by atoms with Crippen LogP contribution in [0.15, 0.2) is 48.1 Å². The molecule has 1 aromatic carbocycles. The number of thioether (sulfide) groups is 1. The number of benzene rings is 1. The number of carbonyl (C=O) groups is 2. The molecule has 1 saturated heterocycles. The molecule has 0 saturated carbocycles. The summed E-state index contributed by atoms with van der Waals surface area (Å²) in [4.78, 5) is 27.1. The number of amides is 1. The molecule has 7 heteroatoms. The standard InChI is InChI=1S/C28H40N2O4S/c1-22-17-23(5-4-15-35-16-12-27(22,2)3)18-29-13-10-28(20-31,11-14-29)19-30(21-32)25-8-6-24(7-9-25)26(33)34/h4-9,17,21-22,31H,10-16,18-20H2,1-3H3,(H,33,34)/b5-4-,23-17+. The average molecular weight is 501 g/mol. The minimum absolute atomic E-state index is 0.0173. The number of hydrogen-bond acceptors (Lipinski definition) is 5. The highest BCUT2D eigenvalue weighted by molar-refractivity contribution is 7.99. The first-order valence-electron chi connectivity index (χ1n) is 12.5. The van der Waals surface area contributed by atoms with Gasteiger partial charge in [-0.1, -0.05) is 39.0 Å². The fraction of sp³-hybridized carbons (Fsp3) is 0.571. The van der Waals surface area contributed by atoms with E-state index >= 15 is 0 Å². The van der Waals surface area contributed by atoms with Gasteiger partial charge in [0.2, 0.25) is 6.41 Å². The van der Waals surface area contributed by atoms with E-state index in [2.05, 4.69) is 43.9 Å². The molecular formula is C28H40N2O4S. The Morgan fingerprint density at radius 3 is 2.49 bits per heavy atom. The van der Waals surface area contributed by atoms with Gasteiger partial charge in [-0.3, -0.25) is 9.69 Å². The molecule has 2 aliphatic heterocycles. The van der Waals surface area contributed by atoms with E-state index in [1.807, 2.05) is 11.8 Å². The van der Waals surface area contributed by atoms with Crippen molar-refractivity contribution in [2.24, 2.45) is 16.7 Å². The van der Waals surface area contributed by atoms with Gasteiger partial charge in [0.05, 0.1) is 12.2 Å². The first-order chi connectivity index (χ1) is 16.7. The van der Waals surface area contributed by atoms with Crippen molar-refractivity contribution < 1.29 is 19.8 Å². The van der Waals surface area contributed by atoms with E-state index < -0.39 is 5.97 Å². The number of aliphatic hydroxyl groups excluding tert-OH is 1. The fourth-order valence-electron chi connectivity index (χ4n) is 4.78. The van der Waals surface area contributed by atoms with Gasteiger partial charge in [0.25, 0.3) is 0 Å². The van der Waals surface area contributed by atoms with Crippen LogP contribution in [0.3, 0.4) is 0 Å². The molecule has 0 spiro atoms. The first-order valence-corrected chi connectivity index (χ1v) is 13.7. The van der Waals surface area contributed by atoms with Crippen molar-refractivity contribution in [1.29, 1.82) is 0 Å². The third-order valence-electron chi connectivity index (χ3n) is 7.87. The van der Waals surface area contributed by atoms with E-state index in [0.717, 1.165) is 44.6 Å². The summed E-state index contributed by atoms with van der Waals surface area (Å²) in [6, 6.07) is 6.31. The monoisotopic (exact) mass is 500 g/mol. The van der Waals surface area contributed by atoms with Crippen molar-refractivity contribution in [3.63, 3.8) is 0 Å². The van der Waals surface area contributed by atoms with Gasteiger partial charge in [-0.2, -0.15) is 11.8 Å². The minimum atomic E-state index is -0.995. The Bertz CT molecular complexity index is 917. The lowest BCUT2D eigenvalue weighted by Gasteiger charge is -2.43. The molecule has 1 fully saturated rings. The predicted molar refractivity (Wildman–Crippen MR) is 144 cm³/mol. The number of carbonyl (C=O) groups excluding carboxylic acids is 1. The second-order valence-electron chi connectivity index (χ2n) is 10.8. The maximum absolute atomic E-state index is 11.9. The molecular weight excluding hydrogens is 460 g/mol. The number of aliphatic hydroxyl groups is 1. The van der Waals surface area contributed by atoms with Gasteiger partial charge in [-0.15, -0.1) is 0 Å². The first kappa shape index (κ1) is 27.5. The highest BCUT2D eigenvalue weighted by Crippen LogP contribution is 2.36. The Balaban J connectivity index is 1.65. The third kappa shape index (κ3) is 7.45. The third-order valence-corrected chi connectivity index (χ3v) is 8.79. The van der Waals surface area contributed by atoms with E-state index in [4.69, 9.17) is 5.11 Å². The summed E-state index contributed by atoms with van der Waals surface area (Å²) in [7, 11) is 0. The number of carboxylic acids is 1. The van der Waals surface area contributed by atoms with E-state index in [-0.39, 0.29) is 23.0 Å². The van der Waals surface area contributed by atoms with Crippen LogP contribution in [-0.2, 0) is 4.79 Å². The SMILES string of the molecule is CC1/C=C(CN2CCC(CO)(CN(C=O)c3ccc(C(=O)O)cc3)CC2)\C=C/CSCCC1(C)C. The Hall–Kier alpha value is -2.09. The fourth-order valence-corrected chi connectivity index (χ4v) is 5.85. The van der Waals surface area contributed by atoms with E-state index in [0.29, 0.717) is 18.2 Å². The Labute approximate surface area is 214 Å². The summed E-state index contributed by atoms with van der Waals surface area (Å²) in [6.45, 7) is 10.1. The summed E-state index contributed by atoms with van der Waals surface area (Å²) in [6.07, 6.45) is 10.6. The molecule has 1 aromatic rings. The topological polar surface area (TPSA) is 81.1 Å². The number of likely N-dealkylation sites (tertiary alicyclic amines) is 1. The van der Waals surface area contributed by atoms with Gasteiger partial charge >= 0.3 is 5.97 Å². The smallest absolute Gasteiger partial charge is 0.335 e. The number of carboxylic acid groups (broad SMARTS) is 1. The molecule has 0 aromatic heterocycles. The van der Waals surface area contributed by atoms with Gasteiger partial charge in [-0.05, 0) is 79.3 Å². The summed E-state index contributed by atoms with van der Waals surface area (Å²) in [5, 5.41) is 19.4. The van der Waals surface area contributed by atoms with Gasteiger partial charge < -0.3 is 15.1 Å². The van der Waals surface area contributed by atoms with E-state index in [1.54, 1.807) is 17.0 Å². The van der Waals surface area contributed by atoms with Crippen molar-refractivity contribution in [2.45, 2.75) is 40.0 Å². The van der Waals surface area contributed by atoms with Crippen molar-refractivity contribution >= 4 is 29.8 Å². The predicted octanol–water partition coefficient (Wildman–Crippen LogP) is 4.70.